The summed E-state index contributed by atoms with van der Waals surface area (Å²) in [6.45, 7) is 9.74. The SMILES string of the molecule is CC(C)(CC=O)CN1CCNCC1. The topological polar surface area (TPSA) is 32.3 Å². The summed E-state index contributed by atoms with van der Waals surface area (Å²) in [5.74, 6) is 0. The van der Waals surface area contributed by atoms with E-state index in [2.05, 4.69) is 24.1 Å². The Labute approximate surface area is 80.5 Å². The minimum absolute atomic E-state index is 0.138. The van der Waals surface area contributed by atoms with E-state index in [4.69, 9.17) is 0 Å². The Kier molecular flexibility index (Phi) is 3.88. The van der Waals surface area contributed by atoms with Gasteiger partial charge in [-0.05, 0) is 5.41 Å². The molecule has 3 heteroatoms. The summed E-state index contributed by atoms with van der Waals surface area (Å²) >= 11 is 0. The molecule has 0 aromatic heterocycles. The molecule has 0 unspecified atom stereocenters. The van der Waals surface area contributed by atoms with Gasteiger partial charge in [-0.1, -0.05) is 13.8 Å². The molecule has 1 N–H and O–H groups in total. The van der Waals surface area contributed by atoms with Crippen LogP contribution in [0, 0.1) is 5.41 Å². The lowest BCUT2D eigenvalue weighted by Crippen LogP contribution is -2.47. The van der Waals surface area contributed by atoms with Crippen molar-refractivity contribution in [2.45, 2.75) is 20.3 Å². The van der Waals surface area contributed by atoms with Gasteiger partial charge in [-0.15, -0.1) is 0 Å². The second kappa shape index (κ2) is 4.72. The number of carbonyl (C=O) groups excluding carboxylic acids is 1. The van der Waals surface area contributed by atoms with Crippen LogP contribution in [-0.2, 0) is 4.79 Å². The highest BCUT2D eigenvalue weighted by Gasteiger charge is 2.22. The Morgan fingerprint density at radius 3 is 2.54 bits per heavy atom. The smallest absolute Gasteiger partial charge is 0.120 e. The van der Waals surface area contributed by atoms with Crippen LogP contribution in [0.1, 0.15) is 20.3 Å². The Balaban J connectivity index is 2.32. The van der Waals surface area contributed by atoms with Crippen LogP contribution in [-0.4, -0.2) is 43.9 Å². The predicted molar refractivity (Wildman–Crippen MR) is 53.8 cm³/mol. The molecule has 0 aliphatic carbocycles. The lowest BCUT2D eigenvalue weighted by atomic mass is 9.89. The van der Waals surface area contributed by atoms with Crippen molar-refractivity contribution in [3.8, 4) is 0 Å². The molecule has 1 saturated heterocycles. The van der Waals surface area contributed by atoms with Gasteiger partial charge in [0, 0.05) is 39.1 Å². The van der Waals surface area contributed by atoms with Gasteiger partial charge in [0.1, 0.15) is 6.29 Å². The van der Waals surface area contributed by atoms with Crippen molar-refractivity contribution in [2.75, 3.05) is 32.7 Å². The number of hydrogen-bond donors (Lipinski definition) is 1. The number of aldehydes is 1. The van der Waals surface area contributed by atoms with E-state index in [1.54, 1.807) is 0 Å². The second-order valence-electron chi connectivity index (χ2n) is 4.56. The molecule has 1 heterocycles. The van der Waals surface area contributed by atoms with Crippen LogP contribution in [0.3, 0.4) is 0 Å². The number of carbonyl (C=O) groups is 1. The van der Waals surface area contributed by atoms with Gasteiger partial charge in [-0.25, -0.2) is 0 Å². The van der Waals surface area contributed by atoms with Gasteiger partial charge >= 0.3 is 0 Å². The summed E-state index contributed by atoms with van der Waals surface area (Å²) in [4.78, 5) is 12.9. The molecule has 0 aromatic rings. The van der Waals surface area contributed by atoms with Crippen LogP contribution < -0.4 is 5.32 Å². The van der Waals surface area contributed by atoms with Crippen molar-refractivity contribution in [2.24, 2.45) is 5.41 Å². The molecule has 0 radical (unpaired) electrons. The maximum atomic E-state index is 10.4. The number of piperazine rings is 1. The molecule has 1 fully saturated rings. The van der Waals surface area contributed by atoms with Gasteiger partial charge < -0.3 is 15.0 Å². The number of nitrogens with one attached hydrogen (secondary N) is 1. The minimum Gasteiger partial charge on any atom is -0.314 e. The normalized spacial score (nSPS) is 20.2. The fourth-order valence-electron chi connectivity index (χ4n) is 1.76. The van der Waals surface area contributed by atoms with E-state index < -0.39 is 0 Å². The lowest BCUT2D eigenvalue weighted by molar-refractivity contribution is -0.109. The highest BCUT2D eigenvalue weighted by Crippen LogP contribution is 2.20. The van der Waals surface area contributed by atoms with Crippen LogP contribution in [0.15, 0.2) is 0 Å². The van der Waals surface area contributed by atoms with Crippen LogP contribution in [0.2, 0.25) is 0 Å². The molecule has 76 valence electrons. The fourth-order valence-corrected chi connectivity index (χ4v) is 1.76. The number of nitrogens with zero attached hydrogens (tertiary/aromatic N) is 1. The largest absolute Gasteiger partial charge is 0.314 e. The van der Waals surface area contributed by atoms with Gasteiger partial charge in [0.15, 0.2) is 0 Å². The second-order valence-corrected chi connectivity index (χ2v) is 4.56. The molecule has 0 saturated carbocycles. The maximum Gasteiger partial charge on any atom is 0.120 e. The predicted octanol–water partition coefficient (Wildman–Crippen LogP) is 0.507. The van der Waals surface area contributed by atoms with Crippen molar-refractivity contribution in [1.29, 1.82) is 0 Å². The van der Waals surface area contributed by atoms with Crippen LogP contribution in [0.4, 0.5) is 0 Å². The Morgan fingerprint density at radius 2 is 2.00 bits per heavy atom. The van der Waals surface area contributed by atoms with Gasteiger partial charge in [-0.3, -0.25) is 0 Å². The average molecular weight is 184 g/mol. The molecular weight excluding hydrogens is 164 g/mol. The highest BCUT2D eigenvalue weighted by molar-refractivity contribution is 5.50. The van der Waals surface area contributed by atoms with E-state index in [1.165, 1.54) is 0 Å². The molecule has 1 aliphatic heterocycles. The molecule has 0 aromatic carbocycles. The number of hydrogen-bond acceptors (Lipinski definition) is 3. The van der Waals surface area contributed by atoms with Crippen molar-refractivity contribution in [3.05, 3.63) is 0 Å². The molecule has 1 aliphatic rings. The van der Waals surface area contributed by atoms with Crippen molar-refractivity contribution >= 4 is 6.29 Å². The Morgan fingerprint density at radius 1 is 1.38 bits per heavy atom. The molecule has 0 amide bonds. The molecule has 0 atom stereocenters. The Bertz CT molecular complexity index is 162. The van der Waals surface area contributed by atoms with Crippen LogP contribution >= 0.6 is 0 Å². The summed E-state index contributed by atoms with van der Waals surface area (Å²) in [5, 5.41) is 3.32. The minimum atomic E-state index is 0.138. The van der Waals surface area contributed by atoms with E-state index in [-0.39, 0.29) is 5.41 Å². The maximum absolute atomic E-state index is 10.4. The van der Waals surface area contributed by atoms with E-state index in [0.717, 1.165) is 39.0 Å². The Hall–Kier alpha value is -0.410. The zero-order valence-electron chi connectivity index (χ0n) is 8.68. The third kappa shape index (κ3) is 3.87. The average Bonchev–Trinajstić information content (AvgIpc) is 2.04. The zero-order valence-corrected chi connectivity index (χ0v) is 8.68. The van der Waals surface area contributed by atoms with Crippen molar-refractivity contribution in [3.63, 3.8) is 0 Å². The van der Waals surface area contributed by atoms with E-state index in [0.29, 0.717) is 6.42 Å². The first-order valence-electron chi connectivity index (χ1n) is 5.01. The summed E-state index contributed by atoms with van der Waals surface area (Å²) in [5.41, 5.74) is 0.138. The van der Waals surface area contributed by atoms with Gasteiger partial charge in [0.05, 0.1) is 0 Å². The van der Waals surface area contributed by atoms with Crippen LogP contribution in [0.25, 0.3) is 0 Å². The number of rotatable bonds is 4. The zero-order chi connectivity index (χ0) is 9.73. The molecular formula is C10H20N2O. The third-order valence-electron chi connectivity index (χ3n) is 2.50. The summed E-state index contributed by atoms with van der Waals surface area (Å²) in [6, 6.07) is 0. The van der Waals surface area contributed by atoms with E-state index >= 15 is 0 Å². The molecule has 0 bridgehead atoms. The summed E-state index contributed by atoms with van der Waals surface area (Å²) < 4.78 is 0. The van der Waals surface area contributed by atoms with Gasteiger partial charge in [-0.2, -0.15) is 0 Å². The first kappa shape index (κ1) is 10.7. The summed E-state index contributed by atoms with van der Waals surface area (Å²) in [7, 11) is 0. The van der Waals surface area contributed by atoms with Gasteiger partial charge in [0.25, 0.3) is 0 Å². The third-order valence-corrected chi connectivity index (χ3v) is 2.50. The molecule has 1 rings (SSSR count). The fraction of sp³-hybridized carbons (Fsp3) is 0.900. The first-order chi connectivity index (χ1) is 6.14. The summed E-state index contributed by atoms with van der Waals surface area (Å²) in [6.07, 6.45) is 1.69. The quantitative estimate of drug-likeness (QED) is 0.646. The molecule has 0 spiro atoms. The van der Waals surface area contributed by atoms with Gasteiger partial charge in [0.2, 0.25) is 0 Å². The molecule has 13 heavy (non-hydrogen) atoms. The van der Waals surface area contributed by atoms with Crippen LogP contribution in [0.5, 0.6) is 0 Å². The monoisotopic (exact) mass is 184 g/mol. The lowest BCUT2D eigenvalue weighted by Gasteiger charge is -2.34. The highest BCUT2D eigenvalue weighted by atomic mass is 16.1. The van der Waals surface area contributed by atoms with Crippen molar-refractivity contribution < 1.29 is 4.79 Å². The standard InChI is InChI=1S/C10H20N2O/c1-10(2,3-8-13)9-12-6-4-11-5-7-12/h8,11H,3-7,9H2,1-2H3. The van der Waals surface area contributed by atoms with E-state index in [1.807, 2.05) is 0 Å². The van der Waals surface area contributed by atoms with E-state index in [9.17, 15) is 4.79 Å². The van der Waals surface area contributed by atoms with Crippen molar-refractivity contribution in [1.82, 2.24) is 10.2 Å². The first-order valence-corrected chi connectivity index (χ1v) is 5.01. The molecule has 3 nitrogen and oxygen atoms in total.